The van der Waals surface area contributed by atoms with Crippen molar-refractivity contribution < 1.29 is 9.90 Å². The number of hydrogen-bond donors (Lipinski definition) is 3. The molecule has 1 amide bonds. The lowest BCUT2D eigenvalue weighted by atomic mass is 9.94. The summed E-state index contributed by atoms with van der Waals surface area (Å²) in [7, 11) is 0. The number of nitrogens with one attached hydrogen (secondary N) is 1. The lowest BCUT2D eigenvalue weighted by molar-refractivity contribution is -0.122. The van der Waals surface area contributed by atoms with Crippen molar-refractivity contribution in [2.45, 2.75) is 40.0 Å². The van der Waals surface area contributed by atoms with E-state index in [0.29, 0.717) is 31.3 Å². The molecule has 0 heterocycles. The summed E-state index contributed by atoms with van der Waals surface area (Å²) in [6.45, 7) is 7.69. The Morgan fingerprint density at radius 3 is 2.47 bits per heavy atom. The normalized spacial score (nSPS) is 14.7. The number of rotatable bonds is 9. The van der Waals surface area contributed by atoms with Crippen molar-refractivity contribution in [3.05, 3.63) is 0 Å². The Balaban J connectivity index is 3.82. The zero-order chi connectivity index (χ0) is 13.3. The van der Waals surface area contributed by atoms with Gasteiger partial charge in [0.15, 0.2) is 0 Å². The Kier molecular flexibility index (Phi) is 9.09. The predicted octanol–water partition coefficient (Wildman–Crippen LogP) is 1.13. The number of carbonyl (C=O) groups is 1. The van der Waals surface area contributed by atoms with Crippen LogP contribution in [0.5, 0.6) is 0 Å². The lowest BCUT2D eigenvalue weighted by Gasteiger charge is -2.17. The molecule has 0 aliphatic heterocycles. The predicted molar refractivity (Wildman–Crippen MR) is 70.5 cm³/mol. The van der Waals surface area contributed by atoms with Gasteiger partial charge in [-0.25, -0.2) is 0 Å². The molecular weight excluding hydrogens is 216 g/mol. The van der Waals surface area contributed by atoms with E-state index < -0.39 is 0 Å². The first-order valence-electron chi connectivity index (χ1n) is 6.57. The number of nitrogens with two attached hydrogens (primary N) is 1. The van der Waals surface area contributed by atoms with Crippen molar-refractivity contribution in [1.82, 2.24) is 5.32 Å². The van der Waals surface area contributed by atoms with Crippen molar-refractivity contribution >= 4 is 5.91 Å². The summed E-state index contributed by atoms with van der Waals surface area (Å²) < 4.78 is 0. The highest BCUT2D eigenvalue weighted by Gasteiger charge is 2.14. The molecule has 4 heteroatoms. The van der Waals surface area contributed by atoms with Crippen molar-refractivity contribution in [2.24, 2.45) is 23.5 Å². The minimum Gasteiger partial charge on any atom is -0.396 e. The van der Waals surface area contributed by atoms with Gasteiger partial charge in [-0.1, -0.05) is 20.8 Å². The van der Waals surface area contributed by atoms with E-state index in [2.05, 4.69) is 19.2 Å². The minimum absolute atomic E-state index is 0.0749. The van der Waals surface area contributed by atoms with E-state index in [1.807, 2.05) is 6.92 Å². The standard InChI is InChI=1S/C13H28N2O2/c1-10(2)6-12(8-14)7-13(17)15-9-11(3)4-5-16/h10-12,16H,4-9,14H2,1-3H3,(H,15,17)/t11?,12-/m0/s1. The van der Waals surface area contributed by atoms with Gasteiger partial charge in [0.05, 0.1) is 0 Å². The quantitative estimate of drug-likeness (QED) is 0.569. The fourth-order valence-electron chi connectivity index (χ4n) is 1.87. The molecule has 0 spiro atoms. The van der Waals surface area contributed by atoms with Crippen LogP contribution in [0.1, 0.15) is 40.0 Å². The molecule has 0 aromatic rings. The topological polar surface area (TPSA) is 75.4 Å². The zero-order valence-corrected chi connectivity index (χ0v) is 11.4. The summed E-state index contributed by atoms with van der Waals surface area (Å²) in [5.74, 6) is 1.25. The summed E-state index contributed by atoms with van der Waals surface area (Å²) in [6, 6.07) is 0. The molecule has 0 aliphatic rings. The maximum atomic E-state index is 11.7. The van der Waals surface area contributed by atoms with Crippen LogP contribution in [0.2, 0.25) is 0 Å². The summed E-state index contributed by atoms with van der Waals surface area (Å²) >= 11 is 0. The molecule has 0 aliphatic carbocycles. The van der Waals surface area contributed by atoms with Crippen LogP contribution in [-0.2, 0) is 4.79 Å². The van der Waals surface area contributed by atoms with E-state index in [1.54, 1.807) is 0 Å². The minimum atomic E-state index is 0.0749. The first kappa shape index (κ1) is 16.4. The highest BCUT2D eigenvalue weighted by molar-refractivity contribution is 5.76. The number of amides is 1. The van der Waals surface area contributed by atoms with Crippen molar-refractivity contribution in [2.75, 3.05) is 19.7 Å². The maximum Gasteiger partial charge on any atom is 0.220 e. The molecule has 0 rings (SSSR count). The molecule has 2 atom stereocenters. The number of aliphatic hydroxyl groups excluding tert-OH is 1. The van der Waals surface area contributed by atoms with Gasteiger partial charge in [-0.15, -0.1) is 0 Å². The number of carbonyl (C=O) groups excluding carboxylic acids is 1. The third-order valence-corrected chi connectivity index (χ3v) is 2.88. The number of aliphatic hydroxyl groups is 1. The van der Waals surface area contributed by atoms with Crippen LogP contribution < -0.4 is 11.1 Å². The first-order valence-corrected chi connectivity index (χ1v) is 6.57. The van der Waals surface area contributed by atoms with E-state index in [1.165, 1.54) is 0 Å². The Bertz CT molecular complexity index is 208. The summed E-state index contributed by atoms with van der Waals surface area (Å²) in [6.07, 6.45) is 2.24. The van der Waals surface area contributed by atoms with Crippen molar-refractivity contribution in [3.63, 3.8) is 0 Å². The molecule has 0 fully saturated rings. The second-order valence-corrected chi connectivity index (χ2v) is 5.36. The van der Waals surface area contributed by atoms with E-state index in [4.69, 9.17) is 10.8 Å². The van der Waals surface area contributed by atoms with Crippen molar-refractivity contribution in [1.29, 1.82) is 0 Å². The Morgan fingerprint density at radius 1 is 1.35 bits per heavy atom. The average molecular weight is 244 g/mol. The van der Waals surface area contributed by atoms with Gasteiger partial charge in [0, 0.05) is 19.6 Å². The van der Waals surface area contributed by atoms with Crippen LogP contribution in [-0.4, -0.2) is 30.7 Å². The van der Waals surface area contributed by atoms with E-state index in [9.17, 15) is 4.79 Å². The van der Waals surface area contributed by atoms with Crippen LogP contribution in [0.15, 0.2) is 0 Å². The molecule has 1 unspecified atom stereocenters. The fourth-order valence-corrected chi connectivity index (χ4v) is 1.87. The smallest absolute Gasteiger partial charge is 0.220 e. The highest BCUT2D eigenvalue weighted by Crippen LogP contribution is 2.14. The molecule has 0 aromatic heterocycles. The monoisotopic (exact) mass is 244 g/mol. The Labute approximate surface area is 105 Å². The van der Waals surface area contributed by atoms with Gasteiger partial charge in [-0.2, -0.15) is 0 Å². The van der Waals surface area contributed by atoms with Gasteiger partial charge < -0.3 is 16.2 Å². The second kappa shape index (κ2) is 9.42. The van der Waals surface area contributed by atoms with Crippen LogP contribution in [0, 0.1) is 17.8 Å². The Morgan fingerprint density at radius 2 is 2.00 bits per heavy atom. The molecule has 0 aromatic carbocycles. The molecule has 4 nitrogen and oxygen atoms in total. The third-order valence-electron chi connectivity index (χ3n) is 2.88. The third kappa shape index (κ3) is 9.12. The fraction of sp³-hybridized carbons (Fsp3) is 0.923. The number of hydrogen-bond acceptors (Lipinski definition) is 3. The van der Waals surface area contributed by atoms with Crippen molar-refractivity contribution in [3.8, 4) is 0 Å². The largest absolute Gasteiger partial charge is 0.396 e. The molecule has 4 N–H and O–H groups in total. The molecular formula is C13H28N2O2. The average Bonchev–Trinajstić information content (AvgIpc) is 2.25. The molecule has 0 saturated carbocycles. The molecule has 0 radical (unpaired) electrons. The molecule has 0 saturated heterocycles. The van der Waals surface area contributed by atoms with Gasteiger partial charge in [0.2, 0.25) is 5.91 Å². The van der Waals surface area contributed by atoms with E-state index >= 15 is 0 Å². The summed E-state index contributed by atoms with van der Waals surface area (Å²) in [5.41, 5.74) is 5.66. The molecule has 102 valence electrons. The lowest BCUT2D eigenvalue weighted by Crippen LogP contribution is -2.32. The Hall–Kier alpha value is -0.610. The molecule has 17 heavy (non-hydrogen) atoms. The van der Waals surface area contributed by atoms with Crippen LogP contribution in [0.25, 0.3) is 0 Å². The maximum absolute atomic E-state index is 11.7. The summed E-state index contributed by atoms with van der Waals surface area (Å²) in [4.78, 5) is 11.7. The van der Waals surface area contributed by atoms with Gasteiger partial charge in [-0.05, 0) is 37.1 Å². The SMILES string of the molecule is CC(C)C[C@H](CN)CC(=O)NCC(C)CCO. The molecule has 0 bridgehead atoms. The summed E-state index contributed by atoms with van der Waals surface area (Å²) in [5, 5.41) is 11.7. The van der Waals surface area contributed by atoms with Crippen LogP contribution >= 0.6 is 0 Å². The van der Waals surface area contributed by atoms with Gasteiger partial charge in [0.1, 0.15) is 0 Å². The second-order valence-electron chi connectivity index (χ2n) is 5.36. The first-order chi connectivity index (χ1) is 7.99. The van der Waals surface area contributed by atoms with E-state index in [0.717, 1.165) is 12.8 Å². The van der Waals surface area contributed by atoms with Gasteiger partial charge >= 0.3 is 0 Å². The van der Waals surface area contributed by atoms with Gasteiger partial charge in [-0.3, -0.25) is 4.79 Å². The van der Waals surface area contributed by atoms with Crippen LogP contribution in [0.4, 0.5) is 0 Å². The van der Waals surface area contributed by atoms with E-state index in [-0.39, 0.29) is 18.4 Å². The highest BCUT2D eigenvalue weighted by atomic mass is 16.3. The van der Waals surface area contributed by atoms with Gasteiger partial charge in [0.25, 0.3) is 0 Å². The zero-order valence-electron chi connectivity index (χ0n) is 11.4. The van der Waals surface area contributed by atoms with Crippen LogP contribution in [0.3, 0.4) is 0 Å².